The molecular formula is C19H24FIN4O. The summed E-state index contributed by atoms with van der Waals surface area (Å²) < 4.78 is 13.7. The van der Waals surface area contributed by atoms with Crippen molar-refractivity contribution in [1.29, 1.82) is 0 Å². The first-order chi connectivity index (χ1) is 12.1. The Kier molecular flexibility index (Phi) is 9.64. The topological polar surface area (TPSA) is 65.5 Å². The minimum Gasteiger partial charge on any atom is -0.357 e. The fourth-order valence-corrected chi connectivity index (χ4v) is 2.24. The van der Waals surface area contributed by atoms with Gasteiger partial charge in [0.15, 0.2) is 5.96 Å². The van der Waals surface area contributed by atoms with Gasteiger partial charge in [-0.05, 0) is 30.7 Å². The zero-order valence-corrected chi connectivity index (χ0v) is 17.2. The smallest absolute Gasteiger partial charge is 0.251 e. The van der Waals surface area contributed by atoms with Crippen molar-refractivity contribution in [2.45, 2.75) is 20.0 Å². The van der Waals surface area contributed by atoms with Gasteiger partial charge in [-0.1, -0.05) is 30.3 Å². The summed E-state index contributed by atoms with van der Waals surface area (Å²) in [7, 11) is 1.60. The van der Waals surface area contributed by atoms with Crippen LogP contribution in [0.2, 0.25) is 0 Å². The average Bonchev–Trinajstić information content (AvgIpc) is 2.65. The first kappa shape index (κ1) is 21.9. The number of guanidine groups is 1. The van der Waals surface area contributed by atoms with Gasteiger partial charge in [-0.2, -0.15) is 0 Å². The van der Waals surface area contributed by atoms with Gasteiger partial charge in [-0.3, -0.25) is 4.79 Å². The van der Waals surface area contributed by atoms with Gasteiger partial charge < -0.3 is 16.0 Å². The van der Waals surface area contributed by atoms with E-state index in [0.717, 1.165) is 5.56 Å². The van der Waals surface area contributed by atoms with Gasteiger partial charge in [0.1, 0.15) is 5.82 Å². The summed E-state index contributed by atoms with van der Waals surface area (Å²) >= 11 is 0. The van der Waals surface area contributed by atoms with Crippen molar-refractivity contribution in [3.8, 4) is 0 Å². The molecule has 5 nitrogen and oxygen atoms in total. The molecule has 0 unspecified atom stereocenters. The van der Waals surface area contributed by atoms with Crippen LogP contribution in [-0.2, 0) is 13.1 Å². The molecule has 0 fully saturated rings. The standard InChI is InChI=1S/C19H23FN4O.HI/c1-3-22-19(24-13-16-6-4-5-7-17(16)20)23-12-14-8-10-15(11-9-14)18(25)21-2;/h4-11H,3,12-13H2,1-2H3,(H,21,25)(H2,22,23,24);1H. The van der Waals surface area contributed by atoms with Crippen molar-refractivity contribution in [3.05, 3.63) is 71.0 Å². The van der Waals surface area contributed by atoms with Gasteiger partial charge in [0.25, 0.3) is 5.91 Å². The monoisotopic (exact) mass is 470 g/mol. The summed E-state index contributed by atoms with van der Waals surface area (Å²) in [6.45, 7) is 3.49. The first-order valence-corrected chi connectivity index (χ1v) is 8.20. The lowest BCUT2D eigenvalue weighted by Crippen LogP contribution is -2.37. The highest BCUT2D eigenvalue weighted by molar-refractivity contribution is 14.0. The molecule has 140 valence electrons. The predicted octanol–water partition coefficient (Wildman–Crippen LogP) is 3.06. The molecule has 7 heteroatoms. The van der Waals surface area contributed by atoms with Gasteiger partial charge in [0, 0.05) is 31.3 Å². The molecule has 0 radical (unpaired) electrons. The molecule has 0 aliphatic carbocycles. The SMILES string of the molecule is CCNC(=NCc1ccc(C(=O)NC)cc1)NCc1ccccc1F.I. The van der Waals surface area contributed by atoms with E-state index in [0.29, 0.717) is 36.7 Å². The van der Waals surface area contributed by atoms with Crippen molar-refractivity contribution >= 4 is 35.8 Å². The average molecular weight is 470 g/mol. The van der Waals surface area contributed by atoms with Gasteiger partial charge in [0.2, 0.25) is 0 Å². The number of hydrogen-bond donors (Lipinski definition) is 3. The zero-order valence-electron chi connectivity index (χ0n) is 14.9. The maximum absolute atomic E-state index is 13.7. The molecule has 0 heterocycles. The maximum atomic E-state index is 13.7. The van der Waals surface area contributed by atoms with Crippen LogP contribution in [0.25, 0.3) is 0 Å². The lowest BCUT2D eigenvalue weighted by Gasteiger charge is -2.12. The quantitative estimate of drug-likeness (QED) is 0.346. The number of nitrogens with zero attached hydrogens (tertiary/aromatic N) is 1. The number of carbonyl (C=O) groups is 1. The van der Waals surface area contributed by atoms with Crippen LogP contribution in [0.1, 0.15) is 28.4 Å². The highest BCUT2D eigenvalue weighted by Gasteiger charge is 2.04. The molecule has 2 rings (SSSR count). The van der Waals surface area contributed by atoms with Crippen molar-refractivity contribution in [2.24, 2.45) is 4.99 Å². The molecule has 2 aromatic rings. The Morgan fingerprint density at radius 3 is 2.38 bits per heavy atom. The Labute approximate surface area is 170 Å². The zero-order chi connectivity index (χ0) is 18.1. The van der Waals surface area contributed by atoms with E-state index in [1.807, 2.05) is 19.1 Å². The number of benzene rings is 2. The summed E-state index contributed by atoms with van der Waals surface area (Å²) in [5, 5.41) is 8.84. The molecule has 0 saturated carbocycles. The van der Waals surface area contributed by atoms with Crippen LogP contribution in [0.3, 0.4) is 0 Å². The van der Waals surface area contributed by atoms with Crippen LogP contribution in [0.15, 0.2) is 53.5 Å². The highest BCUT2D eigenvalue weighted by Crippen LogP contribution is 2.07. The number of carbonyl (C=O) groups excluding carboxylic acids is 1. The second kappa shape index (κ2) is 11.5. The largest absolute Gasteiger partial charge is 0.357 e. The Bertz CT molecular complexity index is 735. The summed E-state index contributed by atoms with van der Waals surface area (Å²) in [5.41, 5.74) is 2.18. The predicted molar refractivity (Wildman–Crippen MR) is 113 cm³/mol. The number of amides is 1. The first-order valence-electron chi connectivity index (χ1n) is 8.20. The van der Waals surface area contributed by atoms with Crippen LogP contribution in [0.4, 0.5) is 4.39 Å². The second-order valence-electron chi connectivity index (χ2n) is 5.42. The minimum atomic E-state index is -0.240. The highest BCUT2D eigenvalue weighted by atomic mass is 127. The number of hydrogen-bond acceptors (Lipinski definition) is 2. The normalized spacial score (nSPS) is 10.7. The van der Waals surface area contributed by atoms with E-state index in [2.05, 4.69) is 20.9 Å². The van der Waals surface area contributed by atoms with E-state index >= 15 is 0 Å². The van der Waals surface area contributed by atoms with Crippen molar-refractivity contribution in [3.63, 3.8) is 0 Å². The van der Waals surface area contributed by atoms with Gasteiger partial charge in [-0.25, -0.2) is 9.38 Å². The van der Waals surface area contributed by atoms with E-state index < -0.39 is 0 Å². The Balaban J connectivity index is 0.00000338. The van der Waals surface area contributed by atoms with Crippen LogP contribution < -0.4 is 16.0 Å². The molecule has 26 heavy (non-hydrogen) atoms. The number of halogens is 2. The summed E-state index contributed by atoms with van der Waals surface area (Å²) in [6, 6.07) is 13.9. The third kappa shape index (κ3) is 6.62. The summed E-state index contributed by atoms with van der Waals surface area (Å²) in [4.78, 5) is 16.0. The van der Waals surface area contributed by atoms with Crippen molar-refractivity contribution < 1.29 is 9.18 Å². The van der Waals surface area contributed by atoms with Gasteiger partial charge >= 0.3 is 0 Å². The van der Waals surface area contributed by atoms with Crippen LogP contribution in [-0.4, -0.2) is 25.5 Å². The summed E-state index contributed by atoms with van der Waals surface area (Å²) in [5.74, 6) is 0.256. The lowest BCUT2D eigenvalue weighted by molar-refractivity contribution is 0.0963. The molecule has 0 aromatic heterocycles. The van der Waals surface area contributed by atoms with E-state index in [-0.39, 0.29) is 35.7 Å². The Morgan fingerprint density at radius 2 is 1.77 bits per heavy atom. The molecule has 0 bridgehead atoms. The molecule has 0 atom stereocenters. The molecule has 0 aliphatic rings. The van der Waals surface area contributed by atoms with E-state index in [4.69, 9.17) is 0 Å². The number of aliphatic imine (C=N–C) groups is 1. The molecule has 1 amide bonds. The van der Waals surface area contributed by atoms with Crippen LogP contribution in [0, 0.1) is 5.82 Å². The second-order valence-corrected chi connectivity index (χ2v) is 5.42. The van der Waals surface area contributed by atoms with Gasteiger partial charge in [0.05, 0.1) is 6.54 Å². The Hall–Kier alpha value is -2.16. The third-order valence-corrected chi connectivity index (χ3v) is 3.61. The van der Waals surface area contributed by atoms with Crippen LogP contribution in [0.5, 0.6) is 0 Å². The number of nitrogens with one attached hydrogen (secondary N) is 3. The lowest BCUT2D eigenvalue weighted by atomic mass is 10.1. The fraction of sp³-hybridized carbons (Fsp3) is 0.263. The van der Waals surface area contributed by atoms with Crippen molar-refractivity contribution in [2.75, 3.05) is 13.6 Å². The van der Waals surface area contributed by atoms with Gasteiger partial charge in [-0.15, -0.1) is 24.0 Å². The number of rotatable bonds is 6. The third-order valence-electron chi connectivity index (χ3n) is 3.61. The van der Waals surface area contributed by atoms with Crippen LogP contribution >= 0.6 is 24.0 Å². The molecule has 0 spiro atoms. The molecule has 3 N–H and O–H groups in total. The fourth-order valence-electron chi connectivity index (χ4n) is 2.24. The van der Waals surface area contributed by atoms with E-state index in [9.17, 15) is 9.18 Å². The molecule has 2 aromatic carbocycles. The Morgan fingerprint density at radius 1 is 1.08 bits per heavy atom. The molecular weight excluding hydrogens is 446 g/mol. The maximum Gasteiger partial charge on any atom is 0.251 e. The molecule has 0 saturated heterocycles. The van der Waals surface area contributed by atoms with E-state index in [1.54, 1.807) is 37.4 Å². The summed E-state index contributed by atoms with van der Waals surface area (Å²) in [6.07, 6.45) is 0. The van der Waals surface area contributed by atoms with Crippen molar-refractivity contribution in [1.82, 2.24) is 16.0 Å². The van der Waals surface area contributed by atoms with E-state index in [1.165, 1.54) is 6.07 Å². The molecule has 0 aliphatic heterocycles. The minimum absolute atomic E-state index is 0.